The smallest absolute Gasteiger partial charge is 0.340 e. The van der Waals surface area contributed by atoms with Gasteiger partial charge in [0.05, 0.1) is 16.5 Å². The van der Waals surface area contributed by atoms with Gasteiger partial charge < -0.3 is 5.11 Å². The predicted octanol–water partition coefficient (Wildman–Crippen LogP) is 2.58. The van der Waals surface area contributed by atoms with Crippen molar-refractivity contribution in [2.75, 3.05) is 10.5 Å². The molecule has 5 nitrogen and oxygen atoms in total. The minimum absolute atomic E-state index is 0.115. The molecule has 0 aliphatic rings. The molecular formula is C11H13ClFNO4S. The quantitative estimate of drug-likeness (QED) is 0.875. The van der Waals surface area contributed by atoms with Gasteiger partial charge in [-0.2, -0.15) is 0 Å². The molecule has 0 radical (unpaired) electrons. The number of hydrogen-bond donors (Lipinski definition) is 2. The number of anilines is 1. The fourth-order valence-corrected chi connectivity index (χ4v) is 3.28. The van der Waals surface area contributed by atoms with E-state index < -0.39 is 32.4 Å². The average Bonchev–Trinajstić information content (AvgIpc) is 2.19. The first-order chi connectivity index (χ1) is 8.64. The lowest BCUT2D eigenvalue weighted by Gasteiger charge is -2.12. The third-order valence-electron chi connectivity index (χ3n) is 2.12. The van der Waals surface area contributed by atoms with E-state index >= 15 is 0 Å². The van der Waals surface area contributed by atoms with Crippen LogP contribution in [0.5, 0.6) is 0 Å². The summed E-state index contributed by atoms with van der Waals surface area (Å²) >= 11 is 5.70. The van der Waals surface area contributed by atoms with Crippen molar-refractivity contribution in [2.24, 2.45) is 5.92 Å². The number of hydrogen-bond acceptors (Lipinski definition) is 3. The lowest BCUT2D eigenvalue weighted by atomic mass is 10.2. The van der Waals surface area contributed by atoms with Gasteiger partial charge in [0, 0.05) is 0 Å². The number of carboxylic acids is 1. The monoisotopic (exact) mass is 309 g/mol. The summed E-state index contributed by atoms with van der Waals surface area (Å²) in [4.78, 5) is 10.8. The Labute approximate surface area is 115 Å². The number of rotatable bonds is 5. The largest absolute Gasteiger partial charge is 0.478 e. The van der Waals surface area contributed by atoms with E-state index in [0.29, 0.717) is 0 Å². The second-order valence-corrected chi connectivity index (χ2v) is 6.51. The minimum Gasteiger partial charge on any atom is -0.478 e. The highest BCUT2D eigenvalue weighted by atomic mass is 35.5. The van der Waals surface area contributed by atoms with Crippen LogP contribution in [0.4, 0.5) is 10.1 Å². The molecule has 0 amide bonds. The Morgan fingerprint density at radius 3 is 2.53 bits per heavy atom. The van der Waals surface area contributed by atoms with Gasteiger partial charge >= 0.3 is 5.97 Å². The number of benzene rings is 1. The van der Waals surface area contributed by atoms with Crippen LogP contribution in [0.2, 0.25) is 5.02 Å². The van der Waals surface area contributed by atoms with Crippen LogP contribution in [-0.4, -0.2) is 25.2 Å². The molecule has 2 N–H and O–H groups in total. The summed E-state index contributed by atoms with van der Waals surface area (Å²) in [5.74, 6) is -2.85. The standard InChI is InChI=1S/C11H13ClFNO4S/c1-6(2)5-19(17,18)14-8-4-3-7(13)9(10(8)12)11(15)16/h3-4,6,14H,5H2,1-2H3,(H,15,16). The molecular weight excluding hydrogens is 297 g/mol. The number of nitrogens with one attached hydrogen (secondary N) is 1. The van der Waals surface area contributed by atoms with Gasteiger partial charge in [0.15, 0.2) is 0 Å². The fourth-order valence-electron chi connectivity index (χ4n) is 1.48. The van der Waals surface area contributed by atoms with Gasteiger partial charge in [0.1, 0.15) is 11.4 Å². The normalized spacial score (nSPS) is 11.6. The summed E-state index contributed by atoms with van der Waals surface area (Å²) in [5, 5.41) is 8.34. The van der Waals surface area contributed by atoms with Crippen LogP contribution < -0.4 is 4.72 Å². The van der Waals surface area contributed by atoms with Crippen molar-refractivity contribution in [3.8, 4) is 0 Å². The SMILES string of the molecule is CC(C)CS(=O)(=O)Nc1ccc(F)c(C(=O)O)c1Cl. The maximum atomic E-state index is 13.3. The molecule has 106 valence electrons. The highest BCUT2D eigenvalue weighted by molar-refractivity contribution is 7.92. The minimum atomic E-state index is -3.66. The third-order valence-corrected chi connectivity index (χ3v) is 4.15. The van der Waals surface area contributed by atoms with Gasteiger partial charge in [0.2, 0.25) is 10.0 Å². The van der Waals surface area contributed by atoms with Gasteiger partial charge in [-0.25, -0.2) is 17.6 Å². The van der Waals surface area contributed by atoms with Crippen LogP contribution >= 0.6 is 11.6 Å². The molecule has 19 heavy (non-hydrogen) atoms. The number of carbonyl (C=O) groups is 1. The van der Waals surface area contributed by atoms with Gasteiger partial charge in [-0.3, -0.25) is 4.72 Å². The Bertz CT molecular complexity index is 601. The zero-order valence-corrected chi connectivity index (χ0v) is 11.8. The van der Waals surface area contributed by atoms with Gasteiger partial charge in [0.25, 0.3) is 0 Å². The van der Waals surface area contributed by atoms with Crippen molar-refractivity contribution < 1.29 is 22.7 Å². The first-order valence-corrected chi connectivity index (χ1v) is 7.39. The molecule has 0 aliphatic heterocycles. The van der Waals surface area contributed by atoms with Gasteiger partial charge in [-0.1, -0.05) is 25.4 Å². The molecule has 0 bridgehead atoms. The van der Waals surface area contributed by atoms with Crippen molar-refractivity contribution in [1.29, 1.82) is 0 Å². The van der Waals surface area contributed by atoms with E-state index in [-0.39, 0.29) is 17.4 Å². The van der Waals surface area contributed by atoms with Crippen LogP contribution in [-0.2, 0) is 10.0 Å². The second-order valence-electron chi connectivity index (χ2n) is 4.37. The molecule has 1 aromatic carbocycles. The summed E-state index contributed by atoms with van der Waals surface area (Å²) in [7, 11) is -3.66. The second kappa shape index (κ2) is 5.75. The van der Waals surface area contributed by atoms with Crippen molar-refractivity contribution in [1.82, 2.24) is 0 Å². The first-order valence-electron chi connectivity index (χ1n) is 5.36. The predicted molar refractivity (Wildman–Crippen MR) is 70.6 cm³/mol. The third kappa shape index (κ3) is 4.07. The zero-order valence-electron chi connectivity index (χ0n) is 10.3. The molecule has 0 saturated heterocycles. The number of halogens is 2. The van der Waals surface area contributed by atoms with Gasteiger partial charge in [-0.05, 0) is 18.1 Å². The molecule has 0 unspecified atom stereocenters. The molecule has 0 heterocycles. The Balaban J connectivity index is 3.17. The van der Waals surface area contributed by atoms with Crippen LogP contribution in [0, 0.1) is 11.7 Å². The molecule has 0 fully saturated rings. The number of carboxylic acid groups (broad SMARTS) is 1. The van der Waals surface area contributed by atoms with E-state index in [4.69, 9.17) is 16.7 Å². The van der Waals surface area contributed by atoms with Gasteiger partial charge in [-0.15, -0.1) is 0 Å². The highest BCUT2D eigenvalue weighted by Crippen LogP contribution is 2.29. The van der Waals surface area contributed by atoms with E-state index in [1.807, 2.05) is 0 Å². The average molecular weight is 310 g/mol. The molecule has 8 heteroatoms. The zero-order chi connectivity index (χ0) is 14.8. The lowest BCUT2D eigenvalue weighted by Crippen LogP contribution is -2.20. The Morgan fingerprint density at radius 2 is 2.05 bits per heavy atom. The van der Waals surface area contributed by atoms with E-state index in [1.54, 1.807) is 13.8 Å². The number of sulfonamides is 1. The van der Waals surface area contributed by atoms with Crippen LogP contribution in [0.1, 0.15) is 24.2 Å². The summed E-state index contributed by atoms with van der Waals surface area (Å²) in [5.41, 5.74) is -0.910. The first kappa shape index (κ1) is 15.7. The molecule has 0 spiro atoms. The molecule has 0 aliphatic carbocycles. The van der Waals surface area contributed by atoms with Crippen LogP contribution in [0.25, 0.3) is 0 Å². The fraction of sp³-hybridized carbons (Fsp3) is 0.364. The summed E-state index contributed by atoms with van der Waals surface area (Å²) < 4.78 is 38.9. The molecule has 0 saturated carbocycles. The van der Waals surface area contributed by atoms with E-state index in [9.17, 15) is 17.6 Å². The topological polar surface area (TPSA) is 83.5 Å². The summed E-state index contributed by atoms with van der Waals surface area (Å²) in [6.07, 6.45) is 0. The molecule has 1 rings (SSSR count). The maximum absolute atomic E-state index is 13.3. The van der Waals surface area contributed by atoms with E-state index in [1.165, 1.54) is 0 Å². The van der Waals surface area contributed by atoms with E-state index in [0.717, 1.165) is 12.1 Å². The molecule has 1 aromatic rings. The Hall–Kier alpha value is -1.34. The summed E-state index contributed by atoms with van der Waals surface area (Å²) in [6, 6.07) is 1.94. The maximum Gasteiger partial charge on any atom is 0.340 e. The van der Waals surface area contributed by atoms with Crippen molar-refractivity contribution in [3.05, 3.63) is 28.5 Å². The van der Waals surface area contributed by atoms with E-state index in [2.05, 4.69) is 4.72 Å². The van der Waals surface area contributed by atoms with Crippen molar-refractivity contribution >= 4 is 33.3 Å². The Morgan fingerprint density at radius 1 is 1.47 bits per heavy atom. The van der Waals surface area contributed by atoms with Crippen molar-refractivity contribution in [2.45, 2.75) is 13.8 Å². The summed E-state index contributed by atoms with van der Waals surface area (Å²) in [6.45, 7) is 3.43. The highest BCUT2D eigenvalue weighted by Gasteiger charge is 2.21. The van der Waals surface area contributed by atoms with Crippen LogP contribution in [0.15, 0.2) is 12.1 Å². The molecule has 0 atom stereocenters. The van der Waals surface area contributed by atoms with Crippen LogP contribution in [0.3, 0.4) is 0 Å². The molecule has 0 aromatic heterocycles. The lowest BCUT2D eigenvalue weighted by molar-refractivity contribution is 0.0692. The Kier molecular flexibility index (Phi) is 4.75. The number of aromatic carboxylic acids is 1. The van der Waals surface area contributed by atoms with Crippen molar-refractivity contribution in [3.63, 3.8) is 0 Å².